The molecule has 1 aliphatic heterocycles. The van der Waals surface area contributed by atoms with Crippen molar-refractivity contribution in [2.24, 2.45) is 23.7 Å². The summed E-state index contributed by atoms with van der Waals surface area (Å²) in [4.78, 5) is 25.9. The van der Waals surface area contributed by atoms with Crippen molar-refractivity contribution in [2.75, 3.05) is 13.1 Å². The molecule has 2 unspecified atom stereocenters. The van der Waals surface area contributed by atoms with Gasteiger partial charge in [0.1, 0.15) is 0 Å². The van der Waals surface area contributed by atoms with Gasteiger partial charge in [-0.3, -0.25) is 9.59 Å². The highest BCUT2D eigenvalue weighted by Gasteiger charge is 2.34. The number of hydrogen-bond acceptors (Lipinski definition) is 2. The van der Waals surface area contributed by atoms with Crippen LogP contribution in [0.1, 0.15) is 65.2 Å². The highest BCUT2D eigenvalue weighted by atomic mass is 16.4. The van der Waals surface area contributed by atoms with Crippen molar-refractivity contribution in [3.8, 4) is 0 Å². The van der Waals surface area contributed by atoms with Crippen LogP contribution in [0.25, 0.3) is 0 Å². The molecule has 1 saturated heterocycles. The minimum Gasteiger partial charge on any atom is -0.481 e. The number of amides is 1. The number of likely N-dealkylation sites (tertiary alicyclic amines) is 1. The number of hydrogen-bond donors (Lipinski definition) is 1. The smallest absolute Gasteiger partial charge is 0.308 e. The van der Waals surface area contributed by atoms with E-state index in [1.807, 2.05) is 4.90 Å². The van der Waals surface area contributed by atoms with Crippen molar-refractivity contribution >= 4 is 11.9 Å². The molecule has 1 N–H and O–H groups in total. The molecule has 4 heteroatoms. The highest BCUT2D eigenvalue weighted by molar-refractivity contribution is 5.80. The first kappa shape index (κ1) is 17.3. The second kappa shape index (κ2) is 7.98. The molecule has 1 heterocycles. The maximum Gasteiger partial charge on any atom is 0.308 e. The first-order chi connectivity index (χ1) is 10.5. The van der Waals surface area contributed by atoms with E-state index >= 15 is 0 Å². The molecule has 126 valence electrons. The van der Waals surface area contributed by atoms with Gasteiger partial charge in [0.05, 0.1) is 5.92 Å². The average Bonchev–Trinajstić information content (AvgIpc) is 2.53. The van der Waals surface area contributed by atoms with Gasteiger partial charge in [0.2, 0.25) is 5.91 Å². The molecule has 2 aliphatic rings. The topological polar surface area (TPSA) is 57.6 Å². The van der Waals surface area contributed by atoms with Crippen molar-refractivity contribution in [2.45, 2.75) is 65.2 Å². The van der Waals surface area contributed by atoms with Gasteiger partial charge in [0, 0.05) is 19.0 Å². The molecule has 2 fully saturated rings. The van der Waals surface area contributed by atoms with E-state index in [1.165, 1.54) is 32.1 Å². The number of nitrogens with zero attached hydrogens (tertiary/aromatic N) is 1. The zero-order valence-electron chi connectivity index (χ0n) is 14.1. The summed E-state index contributed by atoms with van der Waals surface area (Å²) in [5.41, 5.74) is 0. The molecular formula is C18H31NO3. The summed E-state index contributed by atoms with van der Waals surface area (Å²) in [6.07, 6.45) is 8.96. The second-order valence-corrected chi connectivity index (χ2v) is 7.55. The molecule has 0 bridgehead atoms. The predicted molar refractivity (Wildman–Crippen MR) is 86.5 cm³/mol. The molecule has 0 radical (unpaired) electrons. The van der Waals surface area contributed by atoms with E-state index in [2.05, 4.69) is 13.8 Å². The molecule has 1 saturated carbocycles. The average molecular weight is 309 g/mol. The van der Waals surface area contributed by atoms with Gasteiger partial charge in [-0.25, -0.2) is 0 Å². The Balaban J connectivity index is 1.97. The van der Waals surface area contributed by atoms with Crippen LogP contribution in [0.15, 0.2) is 0 Å². The lowest BCUT2D eigenvalue weighted by Gasteiger charge is -2.36. The summed E-state index contributed by atoms with van der Waals surface area (Å²) < 4.78 is 0. The van der Waals surface area contributed by atoms with Crippen LogP contribution >= 0.6 is 0 Å². The van der Waals surface area contributed by atoms with E-state index in [0.29, 0.717) is 24.8 Å². The van der Waals surface area contributed by atoms with Crippen LogP contribution in [-0.2, 0) is 9.59 Å². The molecule has 4 nitrogen and oxygen atoms in total. The highest BCUT2D eigenvalue weighted by Crippen LogP contribution is 2.33. The zero-order valence-corrected chi connectivity index (χ0v) is 14.1. The largest absolute Gasteiger partial charge is 0.481 e. The van der Waals surface area contributed by atoms with Crippen LogP contribution < -0.4 is 0 Å². The standard InChI is InChI=1S/C18H31NO3/c1-13(2)16(11-14-7-4-3-5-8-14)17(20)19-10-6-9-15(12-19)18(21)22/h13-16H,3-12H2,1-2H3,(H,21,22). The fraction of sp³-hybridized carbons (Fsp3) is 0.889. The van der Waals surface area contributed by atoms with E-state index in [0.717, 1.165) is 19.4 Å². The van der Waals surface area contributed by atoms with E-state index < -0.39 is 5.97 Å². The Kier molecular flexibility index (Phi) is 6.27. The second-order valence-electron chi connectivity index (χ2n) is 7.55. The maximum atomic E-state index is 12.9. The lowest BCUT2D eigenvalue weighted by molar-refractivity contribution is -0.147. The van der Waals surface area contributed by atoms with Gasteiger partial charge in [0.25, 0.3) is 0 Å². The Morgan fingerprint density at radius 1 is 1.09 bits per heavy atom. The minimum absolute atomic E-state index is 0.0654. The first-order valence-electron chi connectivity index (χ1n) is 9.00. The summed E-state index contributed by atoms with van der Waals surface area (Å²) in [5.74, 6) is 0.151. The van der Waals surface area contributed by atoms with Gasteiger partial charge in [-0.2, -0.15) is 0 Å². The van der Waals surface area contributed by atoms with Crippen molar-refractivity contribution in [3.63, 3.8) is 0 Å². The van der Waals surface area contributed by atoms with Crippen LogP contribution in [0.4, 0.5) is 0 Å². The summed E-state index contributed by atoms with van der Waals surface area (Å²) in [6.45, 7) is 5.40. The Labute approximate surface area is 134 Å². The van der Waals surface area contributed by atoms with Gasteiger partial charge in [-0.15, -0.1) is 0 Å². The summed E-state index contributed by atoms with van der Waals surface area (Å²) in [6, 6.07) is 0. The summed E-state index contributed by atoms with van der Waals surface area (Å²) >= 11 is 0. The van der Waals surface area contributed by atoms with E-state index in [9.17, 15) is 14.7 Å². The fourth-order valence-electron chi connectivity index (χ4n) is 4.05. The van der Waals surface area contributed by atoms with Crippen LogP contribution in [0.2, 0.25) is 0 Å². The van der Waals surface area contributed by atoms with E-state index in [-0.39, 0.29) is 17.7 Å². The van der Waals surface area contributed by atoms with E-state index in [4.69, 9.17) is 0 Å². The van der Waals surface area contributed by atoms with Crippen LogP contribution in [0, 0.1) is 23.7 Å². The fourth-order valence-corrected chi connectivity index (χ4v) is 4.05. The number of aliphatic carboxylic acids is 1. The maximum absolute atomic E-state index is 12.9. The molecule has 0 aromatic rings. The van der Waals surface area contributed by atoms with Gasteiger partial charge in [-0.1, -0.05) is 46.0 Å². The number of piperidine rings is 1. The minimum atomic E-state index is -0.758. The van der Waals surface area contributed by atoms with Crippen molar-refractivity contribution < 1.29 is 14.7 Å². The molecular weight excluding hydrogens is 278 g/mol. The number of carbonyl (C=O) groups excluding carboxylic acids is 1. The third-order valence-corrected chi connectivity index (χ3v) is 5.52. The normalized spacial score (nSPS) is 25.2. The third-order valence-electron chi connectivity index (χ3n) is 5.52. The number of carboxylic acids is 1. The Morgan fingerprint density at radius 2 is 1.77 bits per heavy atom. The molecule has 1 amide bonds. The van der Waals surface area contributed by atoms with Crippen molar-refractivity contribution in [3.05, 3.63) is 0 Å². The molecule has 22 heavy (non-hydrogen) atoms. The third kappa shape index (κ3) is 4.47. The van der Waals surface area contributed by atoms with Gasteiger partial charge >= 0.3 is 5.97 Å². The van der Waals surface area contributed by atoms with Crippen molar-refractivity contribution in [1.82, 2.24) is 4.90 Å². The number of carboxylic acid groups (broad SMARTS) is 1. The van der Waals surface area contributed by atoms with Crippen LogP contribution in [0.3, 0.4) is 0 Å². The molecule has 2 atom stereocenters. The monoisotopic (exact) mass is 309 g/mol. The predicted octanol–water partition coefficient (Wildman–Crippen LogP) is 3.55. The van der Waals surface area contributed by atoms with Gasteiger partial charge in [0.15, 0.2) is 0 Å². The molecule has 0 aromatic heterocycles. The van der Waals surface area contributed by atoms with Crippen LogP contribution in [0.5, 0.6) is 0 Å². The quantitative estimate of drug-likeness (QED) is 0.845. The lowest BCUT2D eigenvalue weighted by Crippen LogP contribution is -2.46. The molecule has 0 aromatic carbocycles. The van der Waals surface area contributed by atoms with E-state index in [1.54, 1.807) is 0 Å². The first-order valence-corrected chi connectivity index (χ1v) is 9.00. The molecule has 0 spiro atoms. The lowest BCUT2D eigenvalue weighted by atomic mass is 9.78. The number of rotatable bonds is 5. The summed E-state index contributed by atoms with van der Waals surface area (Å²) in [5, 5.41) is 9.21. The molecule has 1 aliphatic carbocycles. The summed E-state index contributed by atoms with van der Waals surface area (Å²) in [7, 11) is 0. The Hall–Kier alpha value is -1.06. The number of carbonyl (C=O) groups is 2. The van der Waals surface area contributed by atoms with Crippen molar-refractivity contribution in [1.29, 1.82) is 0 Å². The zero-order chi connectivity index (χ0) is 16.1. The van der Waals surface area contributed by atoms with Crippen LogP contribution in [-0.4, -0.2) is 35.0 Å². The molecule has 2 rings (SSSR count). The van der Waals surface area contributed by atoms with Gasteiger partial charge in [-0.05, 0) is 31.1 Å². The SMILES string of the molecule is CC(C)C(CC1CCCCC1)C(=O)N1CCCC(C(=O)O)C1. The van der Waals surface area contributed by atoms with Gasteiger partial charge < -0.3 is 10.0 Å². The Bertz CT molecular complexity index is 388. The Morgan fingerprint density at radius 3 is 2.36 bits per heavy atom.